The molecule has 0 aromatic carbocycles. The summed E-state index contributed by atoms with van der Waals surface area (Å²) in [7, 11) is 4.15. The van der Waals surface area contributed by atoms with Crippen LogP contribution in [-0.4, -0.2) is 55.6 Å². The van der Waals surface area contributed by atoms with Crippen LogP contribution in [0.5, 0.6) is 0 Å². The standard InChI is InChI=1S/C19H30N4O/c1-15(2)14-23(4)18-9-8-16(13-21-18)19(24)20-11-10-17-7-5-6-12-22(17)3/h8-9,13,17H,1,5-7,10-12,14H2,2-4H3,(H,20,24). The van der Waals surface area contributed by atoms with Crippen molar-refractivity contribution >= 4 is 11.7 Å². The van der Waals surface area contributed by atoms with E-state index >= 15 is 0 Å². The minimum Gasteiger partial charge on any atom is -0.356 e. The molecule has 1 aliphatic heterocycles. The van der Waals surface area contributed by atoms with Crippen molar-refractivity contribution < 1.29 is 4.79 Å². The Morgan fingerprint density at radius 1 is 1.46 bits per heavy atom. The first-order chi connectivity index (χ1) is 11.5. The molecule has 2 heterocycles. The lowest BCUT2D eigenvalue weighted by atomic mass is 10.0. The van der Waals surface area contributed by atoms with Crippen LogP contribution in [0.2, 0.25) is 0 Å². The van der Waals surface area contributed by atoms with Crippen molar-refractivity contribution in [2.75, 3.05) is 38.6 Å². The van der Waals surface area contributed by atoms with E-state index in [0.29, 0.717) is 18.2 Å². The molecule has 1 unspecified atom stereocenters. The molecule has 24 heavy (non-hydrogen) atoms. The number of hydrogen-bond acceptors (Lipinski definition) is 4. The van der Waals surface area contributed by atoms with Gasteiger partial charge < -0.3 is 15.1 Å². The monoisotopic (exact) mass is 330 g/mol. The van der Waals surface area contributed by atoms with Crippen molar-refractivity contribution in [1.29, 1.82) is 0 Å². The SMILES string of the molecule is C=C(C)CN(C)c1ccc(C(=O)NCCC2CCCCN2C)cn1. The van der Waals surface area contributed by atoms with E-state index in [2.05, 4.69) is 28.8 Å². The molecule has 1 aliphatic rings. The van der Waals surface area contributed by atoms with E-state index < -0.39 is 0 Å². The molecule has 0 saturated carbocycles. The lowest BCUT2D eigenvalue weighted by Gasteiger charge is -2.32. The molecule has 1 aromatic heterocycles. The van der Waals surface area contributed by atoms with E-state index in [9.17, 15) is 4.79 Å². The van der Waals surface area contributed by atoms with Gasteiger partial charge in [0.05, 0.1) is 5.56 Å². The Morgan fingerprint density at radius 2 is 2.25 bits per heavy atom. The van der Waals surface area contributed by atoms with E-state index in [1.807, 2.05) is 31.0 Å². The number of nitrogens with one attached hydrogen (secondary N) is 1. The summed E-state index contributed by atoms with van der Waals surface area (Å²) in [6.45, 7) is 8.53. The largest absolute Gasteiger partial charge is 0.356 e. The number of anilines is 1. The number of carbonyl (C=O) groups excluding carboxylic acids is 1. The van der Waals surface area contributed by atoms with Gasteiger partial charge in [0.2, 0.25) is 0 Å². The van der Waals surface area contributed by atoms with Gasteiger partial charge >= 0.3 is 0 Å². The summed E-state index contributed by atoms with van der Waals surface area (Å²) in [6, 6.07) is 4.31. The van der Waals surface area contributed by atoms with Crippen LogP contribution in [0, 0.1) is 0 Å². The molecule has 0 spiro atoms. The fourth-order valence-electron chi connectivity index (χ4n) is 3.20. The average Bonchev–Trinajstić information content (AvgIpc) is 2.56. The van der Waals surface area contributed by atoms with Crippen molar-refractivity contribution in [1.82, 2.24) is 15.2 Å². The van der Waals surface area contributed by atoms with Gasteiger partial charge in [0.25, 0.3) is 5.91 Å². The first-order valence-corrected chi connectivity index (χ1v) is 8.77. The number of carbonyl (C=O) groups is 1. The third-order valence-electron chi connectivity index (χ3n) is 4.59. The van der Waals surface area contributed by atoms with Crippen molar-refractivity contribution in [3.05, 3.63) is 36.0 Å². The molecule has 1 amide bonds. The summed E-state index contributed by atoms with van der Waals surface area (Å²) in [4.78, 5) is 21.0. The molecule has 5 heteroatoms. The Kier molecular flexibility index (Phi) is 6.79. The first kappa shape index (κ1) is 18.5. The number of likely N-dealkylation sites (N-methyl/N-ethyl adjacent to an activating group) is 1. The number of likely N-dealkylation sites (tertiary alicyclic amines) is 1. The van der Waals surface area contributed by atoms with Crippen LogP contribution < -0.4 is 10.2 Å². The van der Waals surface area contributed by atoms with Crippen LogP contribution in [-0.2, 0) is 0 Å². The normalized spacial score (nSPS) is 18.2. The molecule has 1 fully saturated rings. The fraction of sp³-hybridized carbons (Fsp3) is 0.579. The Hall–Kier alpha value is -1.88. The van der Waals surface area contributed by atoms with Crippen LogP contribution in [0.25, 0.3) is 0 Å². The highest BCUT2D eigenvalue weighted by molar-refractivity contribution is 5.94. The third-order valence-corrected chi connectivity index (χ3v) is 4.59. The molecule has 1 saturated heterocycles. The van der Waals surface area contributed by atoms with Gasteiger partial charge in [-0.2, -0.15) is 0 Å². The van der Waals surface area contributed by atoms with Gasteiger partial charge in [0.15, 0.2) is 0 Å². The second kappa shape index (κ2) is 8.83. The molecule has 0 bridgehead atoms. The summed E-state index contributed by atoms with van der Waals surface area (Å²) >= 11 is 0. The van der Waals surface area contributed by atoms with E-state index in [1.54, 1.807) is 6.20 Å². The smallest absolute Gasteiger partial charge is 0.252 e. The minimum absolute atomic E-state index is 0.0462. The maximum Gasteiger partial charge on any atom is 0.252 e. The Morgan fingerprint density at radius 3 is 2.88 bits per heavy atom. The van der Waals surface area contributed by atoms with E-state index in [-0.39, 0.29) is 5.91 Å². The zero-order chi connectivity index (χ0) is 17.5. The molecule has 1 aromatic rings. The van der Waals surface area contributed by atoms with Crippen molar-refractivity contribution in [2.24, 2.45) is 0 Å². The third kappa shape index (κ3) is 5.34. The summed E-state index contributed by atoms with van der Waals surface area (Å²) < 4.78 is 0. The second-order valence-corrected chi connectivity index (χ2v) is 6.89. The van der Waals surface area contributed by atoms with Crippen LogP contribution in [0.3, 0.4) is 0 Å². The molecular formula is C19H30N4O. The van der Waals surface area contributed by atoms with Gasteiger partial charge in [0, 0.05) is 32.4 Å². The quantitative estimate of drug-likeness (QED) is 0.781. The fourth-order valence-corrected chi connectivity index (χ4v) is 3.20. The number of pyridine rings is 1. The lowest BCUT2D eigenvalue weighted by Crippen LogP contribution is -2.39. The maximum absolute atomic E-state index is 12.2. The molecule has 5 nitrogen and oxygen atoms in total. The predicted molar refractivity (Wildman–Crippen MR) is 99.5 cm³/mol. The number of piperidine rings is 1. The van der Waals surface area contributed by atoms with Crippen LogP contribution in [0.15, 0.2) is 30.5 Å². The highest BCUT2D eigenvalue weighted by atomic mass is 16.1. The van der Waals surface area contributed by atoms with E-state index in [0.717, 1.165) is 24.4 Å². The minimum atomic E-state index is -0.0462. The summed E-state index contributed by atoms with van der Waals surface area (Å²) in [5.41, 5.74) is 1.69. The van der Waals surface area contributed by atoms with Crippen LogP contribution in [0.4, 0.5) is 5.82 Å². The summed E-state index contributed by atoms with van der Waals surface area (Å²) in [6.07, 6.45) is 6.47. The Balaban J connectivity index is 1.80. The van der Waals surface area contributed by atoms with Crippen molar-refractivity contribution in [3.63, 3.8) is 0 Å². The number of amides is 1. The van der Waals surface area contributed by atoms with Gasteiger partial charge in [-0.25, -0.2) is 4.98 Å². The van der Waals surface area contributed by atoms with Gasteiger partial charge in [-0.3, -0.25) is 4.79 Å². The summed E-state index contributed by atoms with van der Waals surface area (Å²) in [5.74, 6) is 0.799. The topological polar surface area (TPSA) is 48.5 Å². The number of aromatic nitrogens is 1. The van der Waals surface area contributed by atoms with Crippen molar-refractivity contribution in [2.45, 2.75) is 38.6 Å². The maximum atomic E-state index is 12.2. The van der Waals surface area contributed by atoms with Crippen LogP contribution >= 0.6 is 0 Å². The van der Waals surface area contributed by atoms with E-state index in [1.165, 1.54) is 25.8 Å². The zero-order valence-electron chi connectivity index (χ0n) is 15.2. The molecule has 1 atom stereocenters. The predicted octanol–water partition coefficient (Wildman–Crippen LogP) is 2.70. The van der Waals surface area contributed by atoms with E-state index in [4.69, 9.17) is 0 Å². The highest BCUT2D eigenvalue weighted by Gasteiger charge is 2.18. The number of rotatable bonds is 7. The Bertz CT molecular complexity index is 555. The molecule has 0 aliphatic carbocycles. The Labute approximate surface area is 145 Å². The zero-order valence-corrected chi connectivity index (χ0v) is 15.2. The molecule has 0 radical (unpaired) electrons. The summed E-state index contributed by atoms with van der Waals surface area (Å²) in [5, 5.41) is 3.01. The number of hydrogen-bond donors (Lipinski definition) is 1. The molecule has 1 N–H and O–H groups in total. The molecule has 2 rings (SSSR count). The van der Waals surface area contributed by atoms with Crippen LogP contribution in [0.1, 0.15) is 43.0 Å². The van der Waals surface area contributed by atoms with Gasteiger partial charge in [-0.15, -0.1) is 0 Å². The number of nitrogens with zero attached hydrogens (tertiary/aromatic N) is 3. The first-order valence-electron chi connectivity index (χ1n) is 8.77. The average molecular weight is 330 g/mol. The molecule has 132 valence electrons. The second-order valence-electron chi connectivity index (χ2n) is 6.89. The van der Waals surface area contributed by atoms with Gasteiger partial charge in [-0.1, -0.05) is 18.6 Å². The van der Waals surface area contributed by atoms with Crippen molar-refractivity contribution in [3.8, 4) is 0 Å². The van der Waals surface area contributed by atoms with Gasteiger partial charge in [0.1, 0.15) is 5.82 Å². The van der Waals surface area contributed by atoms with Gasteiger partial charge in [-0.05, 0) is 51.9 Å². The highest BCUT2D eigenvalue weighted by Crippen LogP contribution is 2.17. The lowest BCUT2D eigenvalue weighted by molar-refractivity contribution is 0.0945. The molecular weight excluding hydrogens is 300 g/mol.